The van der Waals surface area contributed by atoms with Crippen molar-refractivity contribution in [2.45, 2.75) is 6.92 Å². The van der Waals surface area contributed by atoms with Gasteiger partial charge in [-0.2, -0.15) is 0 Å². The van der Waals surface area contributed by atoms with Gasteiger partial charge >= 0.3 is 6.03 Å². The number of anilines is 3. The molecule has 1 aliphatic heterocycles. The van der Waals surface area contributed by atoms with Crippen molar-refractivity contribution in [3.63, 3.8) is 0 Å². The third kappa shape index (κ3) is 4.77. The molecule has 2 aromatic rings. The van der Waals surface area contributed by atoms with Gasteiger partial charge in [0.2, 0.25) is 0 Å². The van der Waals surface area contributed by atoms with Gasteiger partial charge in [0, 0.05) is 31.2 Å². The predicted octanol–water partition coefficient (Wildman–Crippen LogP) is 3.19. The van der Waals surface area contributed by atoms with Crippen LogP contribution in [-0.2, 0) is 0 Å². The van der Waals surface area contributed by atoms with Crippen LogP contribution in [0.1, 0.15) is 6.92 Å². The predicted molar refractivity (Wildman–Crippen MR) is 105 cm³/mol. The maximum Gasteiger partial charge on any atom is 0.323 e. The van der Waals surface area contributed by atoms with Crippen molar-refractivity contribution in [2.75, 3.05) is 48.3 Å². The highest BCUT2D eigenvalue weighted by atomic mass is 35.5. The number of hydrogen-bond acceptors (Lipinski definition) is 5. The number of urea groups is 1. The summed E-state index contributed by atoms with van der Waals surface area (Å²) in [6, 6.07) is 8.46. The molecule has 2 amide bonds. The maximum atomic E-state index is 12.3. The highest BCUT2D eigenvalue weighted by Gasteiger charge is 2.12. The van der Waals surface area contributed by atoms with Gasteiger partial charge in [-0.1, -0.05) is 11.6 Å². The molecule has 0 spiro atoms. The second-order valence-electron chi connectivity index (χ2n) is 5.79. The number of hydrogen-bond donors (Lipinski definition) is 3. The summed E-state index contributed by atoms with van der Waals surface area (Å²) < 4.78 is 5.50. The SMILES string of the molecule is CCOc1ccc(Cl)cc1NC(=O)Nc1ccc(N2CCNCC2)nc1. The van der Waals surface area contributed by atoms with Crippen molar-refractivity contribution in [1.29, 1.82) is 0 Å². The first-order valence-electron chi connectivity index (χ1n) is 8.58. The number of nitrogens with one attached hydrogen (secondary N) is 3. The van der Waals surface area contributed by atoms with E-state index in [2.05, 4.69) is 25.8 Å². The van der Waals surface area contributed by atoms with Gasteiger partial charge in [0.25, 0.3) is 0 Å². The molecule has 2 heterocycles. The first-order valence-corrected chi connectivity index (χ1v) is 8.95. The Hall–Kier alpha value is -2.51. The van der Waals surface area contributed by atoms with Crippen LogP contribution in [0, 0.1) is 0 Å². The molecular weight excluding hydrogens is 354 g/mol. The van der Waals surface area contributed by atoms with E-state index in [1.807, 2.05) is 19.1 Å². The molecule has 1 aromatic heterocycles. The molecule has 8 heteroatoms. The molecule has 1 aromatic carbocycles. The molecule has 7 nitrogen and oxygen atoms in total. The van der Waals surface area contributed by atoms with Crippen molar-refractivity contribution >= 4 is 34.8 Å². The zero-order valence-electron chi connectivity index (χ0n) is 14.6. The normalized spacial score (nSPS) is 14.0. The number of aromatic nitrogens is 1. The Balaban J connectivity index is 1.62. The lowest BCUT2D eigenvalue weighted by molar-refractivity contribution is 0.262. The molecule has 1 saturated heterocycles. The molecule has 0 radical (unpaired) electrons. The summed E-state index contributed by atoms with van der Waals surface area (Å²) in [6.07, 6.45) is 1.65. The van der Waals surface area contributed by atoms with Gasteiger partial charge in [0.05, 0.1) is 24.2 Å². The molecule has 26 heavy (non-hydrogen) atoms. The zero-order valence-corrected chi connectivity index (χ0v) is 15.3. The number of carbonyl (C=O) groups is 1. The van der Waals surface area contributed by atoms with Crippen LogP contribution in [0.15, 0.2) is 36.5 Å². The number of ether oxygens (including phenoxy) is 1. The second kappa shape index (κ2) is 8.73. The Kier molecular flexibility index (Phi) is 6.14. The van der Waals surface area contributed by atoms with Crippen LogP contribution in [0.5, 0.6) is 5.75 Å². The Morgan fingerprint density at radius 1 is 1.27 bits per heavy atom. The molecule has 1 fully saturated rings. The Morgan fingerprint density at radius 2 is 2.08 bits per heavy atom. The molecule has 138 valence electrons. The number of amides is 2. The van der Waals surface area contributed by atoms with E-state index in [1.165, 1.54) is 0 Å². The fourth-order valence-corrected chi connectivity index (χ4v) is 2.88. The average molecular weight is 376 g/mol. The van der Waals surface area contributed by atoms with Crippen LogP contribution < -0.4 is 25.6 Å². The van der Waals surface area contributed by atoms with E-state index in [1.54, 1.807) is 24.4 Å². The number of piperazine rings is 1. The van der Waals surface area contributed by atoms with Crippen LogP contribution in [0.3, 0.4) is 0 Å². The van der Waals surface area contributed by atoms with Crippen molar-refractivity contribution in [2.24, 2.45) is 0 Å². The van der Waals surface area contributed by atoms with Crippen molar-refractivity contribution < 1.29 is 9.53 Å². The van der Waals surface area contributed by atoms with E-state index < -0.39 is 0 Å². The Labute approximate surface area is 157 Å². The summed E-state index contributed by atoms with van der Waals surface area (Å²) in [7, 11) is 0. The van der Waals surface area contributed by atoms with Crippen molar-refractivity contribution in [1.82, 2.24) is 10.3 Å². The van der Waals surface area contributed by atoms with Crippen LogP contribution in [-0.4, -0.2) is 43.8 Å². The number of rotatable bonds is 5. The van der Waals surface area contributed by atoms with E-state index in [-0.39, 0.29) is 6.03 Å². The summed E-state index contributed by atoms with van der Waals surface area (Å²) in [5.74, 6) is 1.48. The van der Waals surface area contributed by atoms with Gasteiger partial charge in [0.15, 0.2) is 0 Å². The number of halogens is 1. The van der Waals surface area contributed by atoms with E-state index in [0.29, 0.717) is 28.8 Å². The number of carbonyl (C=O) groups excluding carboxylic acids is 1. The van der Waals surface area contributed by atoms with Gasteiger partial charge in [-0.15, -0.1) is 0 Å². The van der Waals surface area contributed by atoms with Gasteiger partial charge < -0.3 is 25.6 Å². The first kappa shape index (κ1) is 18.3. The number of pyridine rings is 1. The lowest BCUT2D eigenvalue weighted by Crippen LogP contribution is -2.43. The number of benzene rings is 1. The van der Waals surface area contributed by atoms with Gasteiger partial charge in [-0.25, -0.2) is 9.78 Å². The molecule has 3 N–H and O–H groups in total. The molecule has 0 unspecified atom stereocenters. The van der Waals surface area contributed by atoms with E-state index in [4.69, 9.17) is 16.3 Å². The molecule has 0 aliphatic carbocycles. The van der Waals surface area contributed by atoms with Gasteiger partial charge in [0.1, 0.15) is 11.6 Å². The molecule has 3 rings (SSSR count). The van der Waals surface area contributed by atoms with E-state index >= 15 is 0 Å². The zero-order chi connectivity index (χ0) is 18.4. The molecule has 0 bridgehead atoms. The molecule has 0 saturated carbocycles. The highest BCUT2D eigenvalue weighted by molar-refractivity contribution is 6.31. The summed E-state index contributed by atoms with van der Waals surface area (Å²) in [6.45, 7) is 6.13. The summed E-state index contributed by atoms with van der Waals surface area (Å²) in [5.41, 5.74) is 1.13. The van der Waals surface area contributed by atoms with Crippen LogP contribution in [0.4, 0.5) is 22.0 Å². The quantitative estimate of drug-likeness (QED) is 0.748. The molecular formula is C18H22ClN5O2. The molecule has 0 atom stereocenters. The Bertz CT molecular complexity index is 748. The van der Waals surface area contributed by atoms with Gasteiger partial charge in [-0.05, 0) is 37.3 Å². The topological polar surface area (TPSA) is 78.5 Å². The largest absolute Gasteiger partial charge is 0.492 e. The second-order valence-corrected chi connectivity index (χ2v) is 6.23. The fraction of sp³-hybridized carbons (Fsp3) is 0.333. The summed E-state index contributed by atoms with van der Waals surface area (Å²) in [5, 5.41) is 9.35. The minimum atomic E-state index is -0.384. The monoisotopic (exact) mass is 375 g/mol. The smallest absolute Gasteiger partial charge is 0.323 e. The summed E-state index contributed by atoms with van der Waals surface area (Å²) in [4.78, 5) is 18.9. The van der Waals surface area contributed by atoms with Gasteiger partial charge in [-0.3, -0.25) is 0 Å². The maximum absolute atomic E-state index is 12.3. The van der Waals surface area contributed by atoms with Crippen LogP contribution >= 0.6 is 11.6 Å². The van der Waals surface area contributed by atoms with E-state index in [9.17, 15) is 4.79 Å². The third-order valence-corrected chi connectivity index (χ3v) is 4.17. The average Bonchev–Trinajstić information content (AvgIpc) is 2.65. The molecule has 1 aliphatic rings. The van der Waals surface area contributed by atoms with Crippen LogP contribution in [0.2, 0.25) is 5.02 Å². The highest BCUT2D eigenvalue weighted by Crippen LogP contribution is 2.28. The minimum absolute atomic E-state index is 0.384. The number of nitrogens with zero attached hydrogens (tertiary/aromatic N) is 2. The first-order chi connectivity index (χ1) is 12.7. The fourth-order valence-electron chi connectivity index (χ4n) is 2.71. The standard InChI is InChI=1S/C18H22ClN5O2/c1-2-26-16-5-3-13(19)11-15(16)23-18(25)22-14-4-6-17(21-12-14)24-9-7-20-8-10-24/h3-6,11-12,20H,2,7-10H2,1H3,(H2,22,23,25). The van der Waals surface area contributed by atoms with E-state index in [0.717, 1.165) is 32.0 Å². The van der Waals surface area contributed by atoms with Crippen molar-refractivity contribution in [3.8, 4) is 5.75 Å². The lowest BCUT2D eigenvalue weighted by Gasteiger charge is -2.28. The van der Waals surface area contributed by atoms with Crippen LogP contribution in [0.25, 0.3) is 0 Å². The summed E-state index contributed by atoms with van der Waals surface area (Å²) >= 11 is 6.01. The lowest BCUT2D eigenvalue weighted by atomic mass is 10.3. The Morgan fingerprint density at radius 3 is 2.77 bits per heavy atom. The minimum Gasteiger partial charge on any atom is -0.492 e. The van der Waals surface area contributed by atoms with Crippen molar-refractivity contribution in [3.05, 3.63) is 41.6 Å². The third-order valence-electron chi connectivity index (χ3n) is 3.94.